The van der Waals surface area contributed by atoms with Gasteiger partial charge in [-0.05, 0) is 24.1 Å². The maximum absolute atomic E-state index is 11.8. The highest BCUT2D eigenvalue weighted by Crippen LogP contribution is 2.12. The van der Waals surface area contributed by atoms with Crippen molar-refractivity contribution in [3.63, 3.8) is 0 Å². The molecule has 7 heteroatoms. The minimum atomic E-state index is -1.01. The number of carbonyl (C=O) groups is 2. The molecule has 1 atom stereocenters. The Hall–Kier alpha value is -2.12. The van der Waals surface area contributed by atoms with Crippen LogP contribution in [-0.4, -0.2) is 56.1 Å². The van der Waals surface area contributed by atoms with Crippen molar-refractivity contribution < 1.29 is 28.9 Å². The van der Waals surface area contributed by atoms with Crippen molar-refractivity contribution in [3.8, 4) is 5.75 Å². The van der Waals surface area contributed by atoms with Crippen molar-refractivity contribution in [2.75, 3.05) is 33.0 Å². The molecule has 1 saturated heterocycles. The quantitative estimate of drug-likeness (QED) is 0.748. The van der Waals surface area contributed by atoms with Crippen molar-refractivity contribution in [1.29, 1.82) is 0 Å². The van der Waals surface area contributed by atoms with Gasteiger partial charge in [-0.3, -0.25) is 4.79 Å². The molecule has 1 aliphatic heterocycles. The summed E-state index contributed by atoms with van der Waals surface area (Å²) in [6.45, 7) is 1.39. The van der Waals surface area contributed by atoms with E-state index in [1.54, 1.807) is 12.1 Å². The summed E-state index contributed by atoms with van der Waals surface area (Å²) in [4.78, 5) is 22.2. The summed E-state index contributed by atoms with van der Waals surface area (Å²) < 4.78 is 15.5. The molecule has 0 radical (unpaired) electrons. The van der Waals surface area contributed by atoms with Crippen molar-refractivity contribution in [2.24, 2.45) is 0 Å². The van der Waals surface area contributed by atoms with Crippen molar-refractivity contribution in [3.05, 3.63) is 29.8 Å². The fourth-order valence-electron chi connectivity index (χ4n) is 1.98. The van der Waals surface area contributed by atoms with Crippen molar-refractivity contribution in [2.45, 2.75) is 12.5 Å². The number of carboxylic acids is 1. The summed E-state index contributed by atoms with van der Waals surface area (Å²) in [5.41, 5.74) is 1.02. The molecule has 0 saturated carbocycles. The molecular weight excluding hydrogens is 290 g/mol. The van der Waals surface area contributed by atoms with Crippen LogP contribution in [0.4, 0.5) is 0 Å². The van der Waals surface area contributed by atoms with Gasteiger partial charge in [-0.2, -0.15) is 0 Å². The van der Waals surface area contributed by atoms with Crippen LogP contribution in [0.15, 0.2) is 24.3 Å². The van der Waals surface area contributed by atoms with E-state index in [0.29, 0.717) is 38.5 Å². The predicted octanol–water partition coefficient (Wildman–Crippen LogP) is 0.224. The first-order valence-electron chi connectivity index (χ1n) is 7.06. The van der Waals surface area contributed by atoms with Crippen LogP contribution in [-0.2, 0) is 25.5 Å². The standard InChI is InChI=1S/C15H19NO6/c17-14(18)10-22-12-3-1-11(2-4-12)5-6-16-15(19)13-9-20-7-8-21-13/h1-4,13H,5-10H2,(H,16,19)(H,17,18). The first kappa shape index (κ1) is 16.3. The zero-order valence-corrected chi connectivity index (χ0v) is 12.1. The zero-order chi connectivity index (χ0) is 15.8. The number of nitrogens with one attached hydrogen (secondary N) is 1. The number of ether oxygens (including phenoxy) is 3. The number of amides is 1. The smallest absolute Gasteiger partial charge is 0.341 e. The number of benzene rings is 1. The van der Waals surface area contributed by atoms with Gasteiger partial charge in [0, 0.05) is 6.54 Å². The third-order valence-corrected chi connectivity index (χ3v) is 3.11. The van der Waals surface area contributed by atoms with Gasteiger partial charge in [-0.25, -0.2) is 4.79 Å². The molecule has 0 bridgehead atoms. The van der Waals surface area contributed by atoms with Crippen LogP contribution in [0, 0.1) is 0 Å². The highest BCUT2D eigenvalue weighted by molar-refractivity contribution is 5.81. The predicted molar refractivity (Wildman–Crippen MR) is 76.8 cm³/mol. The van der Waals surface area contributed by atoms with Crippen LogP contribution < -0.4 is 10.1 Å². The van der Waals surface area contributed by atoms with Crippen LogP contribution in [0.25, 0.3) is 0 Å². The van der Waals surface area contributed by atoms with Crippen LogP contribution in [0.3, 0.4) is 0 Å². The number of carboxylic acid groups (broad SMARTS) is 1. The second kappa shape index (κ2) is 8.35. The lowest BCUT2D eigenvalue weighted by Crippen LogP contribution is -2.43. The number of hydrogen-bond acceptors (Lipinski definition) is 5. The number of carbonyl (C=O) groups excluding carboxylic acids is 1. The average Bonchev–Trinajstić information content (AvgIpc) is 2.55. The van der Waals surface area contributed by atoms with Gasteiger partial charge in [0.05, 0.1) is 19.8 Å². The minimum Gasteiger partial charge on any atom is -0.482 e. The molecule has 1 amide bonds. The van der Waals surface area contributed by atoms with E-state index in [-0.39, 0.29) is 12.5 Å². The third kappa shape index (κ3) is 5.34. The van der Waals surface area contributed by atoms with E-state index in [4.69, 9.17) is 19.3 Å². The second-order valence-electron chi connectivity index (χ2n) is 4.80. The fraction of sp³-hybridized carbons (Fsp3) is 0.467. The normalized spacial score (nSPS) is 17.7. The molecular formula is C15H19NO6. The Kier molecular flexibility index (Phi) is 6.17. The molecule has 1 aliphatic rings. The molecule has 0 spiro atoms. The molecule has 1 unspecified atom stereocenters. The van der Waals surface area contributed by atoms with E-state index in [1.807, 2.05) is 12.1 Å². The molecule has 0 aliphatic carbocycles. The minimum absolute atomic E-state index is 0.166. The number of hydrogen-bond donors (Lipinski definition) is 2. The van der Waals surface area contributed by atoms with Crippen LogP contribution in [0.1, 0.15) is 5.56 Å². The number of aliphatic carboxylic acids is 1. The van der Waals surface area contributed by atoms with Gasteiger partial charge in [-0.1, -0.05) is 12.1 Å². The molecule has 120 valence electrons. The molecule has 1 heterocycles. The van der Waals surface area contributed by atoms with Crippen LogP contribution in [0.5, 0.6) is 5.75 Å². The largest absolute Gasteiger partial charge is 0.482 e. The maximum atomic E-state index is 11.8. The van der Waals surface area contributed by atoms with Gasteiger partial charge >= 0.3 is 5.97 Å². The van der Waals surface area contributed by atoms with Gasteiger partial charge in [0.1, 0.15) is 5.75 Å². The highest BCUT2D eigenvalue weighted by atomic mass is 16.6. The molecule has 2 N–H and O–H groups in total. The summed E-state index contributed by atoms with van der Waals surface area (Å²) in [7, 11) is 0. The lowest BCUT2D eigenvalue weighted by molar-refractivity contribution is -0.147. The van der Waals surface area contributed by atoms with Gasteiger partial charge in [0.25, 0.3) is 5.91 Å². The lowest BCUT2D eigenvalue weighted by Gasteiger charge is -2.22. The summed E-state index contributed by atoms with van der Waals surface area (Å²) >= 11 is 0. The average molecular weight is 309 g/mol. The molecule has 22 heavy (non-hydrogen) atoms. The van der Waals surface area contributed by atoms with Gasteiger partial charge < -0.3 is 24.6 Å². The van der Waals surface area contributed by atoms with Crippen molar-refractivity contribution >= 4 is 11.9 Å². The Morgan fingerprint density at radius 2 is 2.05 bits per heavy atom. The van der Waals surface area contributed by atoms with E-state index < -0.39 is 12.1 Å². The van der Waals surface area contributed by atoms with E-state index in [0.717, 1.165) is 5.56 Å². The summed E-state index contributed by atoms with van der Waals surface area (Å²) in [6.07, 6.45) is 0.138. The summed E-state index contributed by atoms with van der Waals surface area (Å²) in [6, 6.07) is 7.09. The Labute approximate surface area is 128 Å². The Bertz CT molecular complexity index is 495. The topological polar surface area (TPSA) is 94.1 Å². The molecule has 7 nitrogen and oxygen atoms in total. The Morgan fingerprint density at radius 1 is 1.27 bits per heavy atom. The molecule has 1 fully saturated rings. The SMILES string of the molecule is O=C(O)COc1ccc(CCNC(=O)C2COCCO2)cc1. The van der Waals surface area contributed by atoms with E-state index in [9.17, 15) is 9.59 Å². The van der Waals surface area contributed by atoms with Crippen LogP contribution >= 0.6 is 0 Å². The molecule has 2 rings (SSSR count). The Morgan fingerprint density at radius 3 is 2.68 bits per heavy atom. The Balaban J connectivity index is 1.70. The monoisotopic (exact) mass is 309 g/mol. The number of rotatable bonds is 7. The van der Waals surface area contributed by atoms with Crippen molar-refractivity contribution in [1.82, 2.24) is 5.32 Å². The first-order chi connectivity index (χ1) is 10.6. The molecule has 1 aromatic carbocycles. The van der Waals surface area contributed by atoms with Gasteiger partial charge in [-0.15, -0.1) is 0 Å². The molecule has 1 aromatic rings. The van der Waals surface area contributed by atoms with E-state index >= 15 is 0 Å². The van der Waals surface area contributed by atoms with Crippen LogP contribution in [0.2, 0.25) is 0 Å². The highest BCUT2D eigenvalue weighted by Gasteiger charge is 2.21. The summed E-state index contributed by atoms with van der Waals surface area (Å²) in [5, 5.41) is 11.3. The van der Waals surface area contributed by atoms with Gasteiger partial charge in [0.2, 0.25) is 0 Å². The fourth-order valence-corrected chi connectivity index (χ4v) is 1.98. The van der Waals surface area contributed by atoms with E-state index in [2.05, 4.69) is 5.32 Å². The third-order valence-electron chi connectivity index (χ3n) is 3.11. The lowest BCUT2D eigenvalue weighted by atomic mass is 10.1. The summed E-state index contributed by atoms with van der Waals surface area (Å²) in [5.74, 6) is -0.676. The van der Waals surface area contributed by atoms with E-state index in [1.165, 1.54) is 0 Å². The zero-order valence-electron chi connectivity index (χ0n) is 12.1. The maximum Gasteiger partial charge on any atom is 0.341 e. The first-order valence-corrected chi connectivity index (χ1v) is 7.06. The van der Waals surface area contributed by atoms with Gasteiger partial charge in [0.15, 0.2) is 12.7 Å². The second-order valence-corrected chi connectivity index (χ2v) is 4.80. The molecule has 0 aromatic heterocycles.